The number of ether oxygens (including phenoxy) is 1. The number of nitrogens with one attached hydrogen (secondary N) is 1. The number of hydrogen-bond donors (Lipinski definition) is 1. The van der Waals surface area contributed by atoms with Crippen molar-refractivity contribution in [2.24, 2.45) is 0 Å². The fraction of sp³-hybridized carbons (Fsp3) is 0.176. The van der Waals surface area contributed by atoms with Crippen molar-refractivity contribution in [3.8, 4) is 5.75 Å². The molecule has 0 unspecified atom stereocenters. The van der Waals surface area contributed by atoms with Crippen LogP contribution in [0.25, 0.3) is 6.08 Å². The number of para-hydroxylation sites is 1. The van der Waals surface area contributed by atoms with Crippen LogP contribution in [0.2, 0.25) is 0 Å². The Hall–Kier alpha value is -2.18. The van der Waals surface area contributed by atoms with Gasteiger partial charge in [0.2, 0.25) is 10.0 Å². The Labute approximate surface area is 135 Å². The van der Waals surface area contributed by atoms with Gasteiger partial charge in [-0.3, -0.25) is 0 Å². The summed E-state index contributed by atoms with van der Waals surface area (Å²) in [6.07, 6.45) is 1.96. The van der Waals surface area contributed by atoms with Crippen molar-refractivity contribution in [1.82, 2.24) is 4.72 Å². The highest BCUT2D eigenvalue weighted by molar-refractivity contribution is 7.92. The van der Waals surface area contributed by atoms with Crippen LogP contribution in [0.3, 0.4) is 0 Å². The first-order chi connectivity index (χ1) is 11.1. The molecule has 0 aliphatic carbocycles. The van der Waals surface area contributed by atoms with E-state index in [0.29, 0.717) is 6.42 Å². The Balaban J connectivity index is 1.73. The van der Waals surface area contributed by atoms with E-state index in [0.717, 1.165) is 11.0 Å². The summed E-state index contributed by atoms with van der Waals surface area (Å²) in [5, 5.41) is 1.13. The molecule has 0 heterocycles. The molecule has 0 saturated carbocycles. The Kier molecular flexibility index (Phi) is 6.31. The third-order valence-corrected chi connectivity index (χ3v) is 4.06. The molecule has 0 aliphatic rings. The smallest absolute Gasteiger partial charge is 0.233 e. The molecule has 0 atom stereocenters. The lowest BCUT2D eigenvalue weighted by atomic mass is 10.2. The van der Waals surface area contributed by atoms with Crippen LogP contribution in [0.1, 0.15) is 12.0 Å². The van der Waals surface area contributed by atoms with Crippen LogP contribution < -0.4 is 9.46 Å². The predicted octanol–water partition coefficient (Wildman–Crippen LogP) is 3.18. The van der Waals surface area contributed by atoms with Crippen molar-refractivity contribution in [3.63, 3.8) is 0 Å². The molecule has 2 aromatic carbocycles. The number of benzene rings is 2. The first-order valence-electron chi connectivity index (χ1n) is 7.17. The van der Waals surface area contributed by atoms with Gasteiger partial charge in [-0.2, -0.15) is 0 Å². The normalized spacial score (nSPS) is 11.7. The minimum atomic E-state index is -3.49. The Morgan fingerprint density at radius 2 is 1.74 bits per heavy atom. The van der Waals surface area contributed by atoms with E-state index in [-0.39, 0.29) is 18.9 Å². The molecule has 4 nitrogen and oxygen atoms in total. The highest BCUT2D eigenvalue weighted by Gasteiger charge is 2.05. The van der Waals surface area contributed by atoms with Crippen molar-refractivity contribution in [1.29, 1.82) is 0 Å². The monoisotopic (exact) mass is 335 g/mol. The van der Waals surface area contributed by atoms with Crippen LogP contribution in [0.5, 0.6) is 5.75 Å². The maximum absolute atomic E-state index is 13.3. The van der Waals surface area contributed by atoms with E-state index in [1.807, 2.05) is 30.3 Å². The molecule has 0 aromatic heterocycles. The zero-order chi connectivity index (χ0) is 16.5. The van der Waals surface area contributed by atoms with Crippen LogP contribution in [0.15, 0.2) is 60.0 Å². The third kappa shape index (κ3) is 6.22. The summed E-state index contributed by atoms with van der Waals surface area (Å²) in [6, 6.07) is 15.3. The zero-order valence-electron chi connectivity index (χ0n) is 12.5. The second-order valence-corrected chi connectivity index (χ2v) is 6.44. The Morgan fingerprint density at radius 3 is 2.48 bits per heavy atom. The number of halogens is 1. The SMILES string of the molecule is O=S(=O)(C=Cc1ccccc1)NCCCOc1ccccc1F. The number of hydrogen-bond acceptors (Lipinski definition) is 3. The lowest BCUT2D eigenvalue weighted by molar-refractivity contribution is 0.296. The molecule has 2 rings (SSSR count). The minimum absolute atomic E-state index is 0.166. The number of sulfonamides is 1. The molecule has 122 valence electrons. The summed E-state index contributed by atoms with van der Waals surface area (Å²) in [7, 11) is -3.49. The largest absolute Gasteiger partial charge is 0.490 e. The fourth-order valence-electron chi connectivity index (χ4n) is 1.81. The van der Waals surface area contributed by atoms with Crippen LogP contribution in [-0.2, 0) is 10.0 Å². The summed E-state index contributed by atoms with van der Waals surface area (Å²) >= 11 is 0. The van der Waals surface area contributed by atoms with Crippen LogP contribution >= 0.6 is 0 Å². The second kappa shape index (κ2) is 8.45. The lowest BCUT2D eigenvalue weighted by Crippen LogP contribution is -2.23. The fourth-order valence-corrected chi connectivity index (χ4v) is 2.67. The summed E-state index contributed by atoms with van der Waals surface area (Å²) in [5.41, 5.74) is 0.806. The maximum atomic E-state index is 13.3. The predicted molar refractivity (Wildman–Crippen MR) is 88.9 cm³/mol. The van der Waals surface area contributed by atoms with Crippen LogP contribution in [0.4, 0.5) is 4.39 Å². The highest BCUT2D eigenvalue weighted by Crippen LogP contribution is 2.15. The molecule has 0 amide bonds. The van der Waals surface area contributed by atoms with E-state index in [1.54, 1.807) is 12.1 Å². The average molecular weight is 335 g/mol. The van der Waals surface area contributed by atoms with Gasteiger partial charge in [-0.05, 0) is 30.2 Å². The molecule has 1 N–H and O–H groups in total. The van der Waals surface area contributed by atoms with E-state index in [4.69, 9.17) is 4.74 Å². The average Bonchev–Trinajstić information content (AvgIpc) is 2.55. The van der Waals surface area contributed by atoms with Gasteiger partial charge in [0.05, 0.1) is 6.61 Å². The van der Waals surface area contributed by atoms with E-state index >= 15 is 0 Å². The van der Waals surface area contributed by atoms with Gasteiger partial charge in [0.1, 0.15) is 0 Å². The van der Waals surface area contributed by atoms with Crippen molar-refractivity contribution in [3.05, 3.63) is 71.4 Å². The maximum Gasteiger partial charge on any atom is 0.233 e. The molecule has 0 fully saturated rings. The first-order valence-corrected chi connectivity index (χ1v) is 8.71. The van der Waals surface area contributed by atoms with Gasteiger partial charge in [-0.1, -0.05) is 42.5 Å². The van der Waals surface area contributed by atoms with Gasteiger partial charge in [0.25, 0.3) is 0 Å². The number of rotatable bonds is 8. The molecule has 2 aromatic rings. The minimum Gasteiger partial charge on any atom is -0.490 e. The summed E-state index contributed by atoms with van der Waals surface area (Å²) in [5.74, 6) is -0.266. The molecule has 0 spiro atoms. The van der Waals surface area contributed by atoms with E-state index in [1.165, 1.54) is 18.2 Å². The standard InChI is InChI=1S/C17H18FNO3S/c18-16-9-4-5-10-17(16)22-13-6-12-19-23(20,21)14-11-15-7-2-1-3-8-15/h1-5,7-11,14,19H,6,12-13H2. The topological polar surface area (TPSA) is 55.4 Å². The summed E-state index contributed by atoms with van der Waals surface area (Å²) < 4.78 is 44.6. The quantitative estimate of drug-likeness (QED) is 0.754. The first kappa shape index (κ1) is 17.2. The van der Waals surface area contributed by atoms with Gasteiger partial charge < -0.3 is 4.74 Å². The Morgan fingerprint density at radius 1 is 1.04 bits per heavy atom. The van der Waals surface area contributed by atoms with Gasteiger partial charge in [-0.25, -0.2) is 17.5 Å². The molecule has 23 heavy (non-hydrogen) atoms. The van der Waals surface area contributed by atoms with Crippen molar-refractivity contribution in [2.45, 2.75) is 6.42 Å². The summed E-state index contributed by atoms with van der Waals surface area (Å²) in [6.45, 7) is 0.446. The van der Waals surface area contributed by atoms with E-state index in [9.17, 15) is 12.8 Å². The molecule has 0 saturated heterocycles. The van der Waals surface area contributed by atoms with Crippen molar-refractivity contribution in [2.75, 3.05) is 13.2 Å². The lowest BCUT2D eigenvalue weighted by Gasteiger charge is -2.07. The Bertz CT molecular complexity index is 745. The molecule has 6 heteroatoms. The third-order valence-electron chi connectivity index (χ3n) is 2.96. The molecule has 0 radical (unpaired) electrons. The molecular formula is C17H18FNO3S. The van der Waals surface area contributed by atoms with Crippen LogP contribution in [-0.4, -0.2) is 21.6 Å². The highest BCUT2D eigenvalue weighted by atomic mass is 32.2. The summed E-state index contributed by atoms with van der Waals surface area (Å²) in [4.78, 5) is 0. The molecule has 0 bridgehead atoms. The van der Waals surface area contributed by atoms with Gasteiger partial charge >= 0.3 is 0 Å². The van der Waals surface area contributed by atoms with Gasteiger partial charge in [0, 0.05) is 12.0 Å². The molecule has 0 aliphatic heterocycles. The van der Waals surface area contributed by atoms with Gasteiger partial charge in [0.15, 0.2) is 11.6 Å². The van der Waals surface area contributed by atoms with E-state index in [2.05, 4.69) is 4.72 Å². The molecular weight excluding hydrogens is 317 g/mol. The van der Waals surface area contributed by atoms with Crippen molar-refractivity contribution >= 4 is 16.1 Å². The van der Waals surface area contributed by atoms with Gasteiger partial charge in [-0.15, -0.1) is 0 Å². The van der Waals surface area contributed by atoms with Crippen LogP contribution in [0, 0.1) is 5.82 Å². The zero-order valence-corrected chi connectivity index (χ0v) is 13.3. The van der Waals surface area contributed by atoms with Crippen molar-refractivity contribution < 1.29 is 17.5 Å². The van der Waals surface area contributed by atoms with E-state index < -0.39 is 15.8 Å². The second-order valence-electron chi connectivity index (χ2n) is 4.79.